The Bertz CT molecular complexity index is 604. The van der Waals surface area contributed by atoms with E-state index in [0.717, 1.165) is 0 Å². The van der Waals surface area contributed by atoms with Gasteiger partial charge in [-0.3, -0.25) is 9.59 Å². The molecule has 0 fully saturated rings. The van der Waals surface area contributed by atoms with E-state index in [0.29, 0.717) is 6.20 Å². The van der Waals surface area contributed by atoms with Crippen LogP contribution in [0.4, 0.5) is 26.3 Å². The van der Waals surface area contributed by atoms with Gasteiger partial charge in [0.25, 0.3) is 0 Å². The number of carbonyl (C=O) groups is 1. The number of halogens is 6. The minimum Gasteiger partial charge on any atom is -0.466 e. The Morgan fingerprint density at radius 3 is 2.27 bits per heavy atom. The Balaban J connectivity index is 3.33. The average Bonchev–Trinajstić information content (AvgIpc) is 2.29. The molecule has 0 saturated heterocycles. The quantitative estimate of drug-likeness (QED) is 0.679. The van der Waals surface area contributed by atoms with Gasteiger partial charge in [0.15, 0.2) is 5.75 Å². The van der Waals surface area contributed by atoms with Crippen molar-refractivity contribution < 1.29 is 40.6 Å². The molecule has 0 aromatic carbocycles. The SMILES string of the molecule is CCOC(=O)Cc1[nH]cc(OC(F)(F)F)c(=O)c1C(F)(F)F. The summed E-state index contributed by atoms with van der Waals surface area (Å²) in [6, 6.07) is 0. The molecule has 0 bridgehead atoms. The molecule has 22 heavy (non-hydrogen) atoms. The number of aromatic nitrogens is 1. The van der Waals surface area contributed by atoms with E-state index in [-0.39, 0.29) is 6.61 Å². The third kappa shape index (κ3) is 4.67. The van der Waals surface area contributed by atoms with Crippen molar-refractivity contribution in [2.45, 2.75) is 25.9 Å². The number of alkyl halides is 6. The number of rotatable bonds is 4. The highest BCUT2D eigenvalue weighted by Gasteiger charge is 2.40. The highest BCUT2D eigenvalue weighted by molar-refractivity contribution is 5.72. The number of hydrogen-bond acceptors (Lipinski definition) is 4. The first kappa shape index (κ1) is 17.9. The zero-order valence-electron chi connectivity index (χ0n) is 10.9. The zero-order valence-corrected chi connectivity index (χ0v) is 10.9. The summed E-state index contributed by atoms with van der Waals surface area (Å²) in [5, 5.41) is 0. The highest BCUT2D eigenvalue weighted by Crippen LogP contribution is 2.31. The molecule has 0 saturated carbocycles. The normalized spacial score (nSPS) is 12.1. The van der Waals surface area contributed by atoms with Gasteiger partial charge in [-0.1, -0.05) is 0 Å². The lowest BCUT2D eigenvalue weighted by atomic mass is 10.1. The smallest absolute Gasteiger partial charge is 0.466 e. The third-order valence-corrected chi connectivity index (χ3v) is 2.27. The molecule has 0 atom stereocenters. The summed E-state index contributed by atoms with van der Waals surface area (Å²) in [7, 11) is 0. The molecular weight excluding hydrogens is 324 g/mol. The number of nitrogens with one attached hydrogen (secondary N) is 1. The molecule has 0 radical (unpaired) electrons. The Morgan fingerprint density at radius 2 is 1.82 bits per heavy atom. The Kier molecular flexibility index (Phi) is 5.09. The summed E-state index contributed by atoms with van der Waals surface area (Å²) >= 11 is 0. The maximum Gasteiger partial charge on any atom is 0.573 e. The van der Waals surface area contributed by atoms with Crippen LogP contribution >= 0.6 is 0 Å². The van der Waals surface area contributed by atoms with Crippen LogP contribution in [-0.2, 0) is 22.1 Å². The Labute approximate surface area is 118 Å². The maximum atomic E-state index is 12.8. The van der Waals surface area contributed by atoms with Crippen LogP contribution in [0.15, 0.2) is 11.0 Å². The van der Waals surface area contributed by atoms with E-state index in [4.69, 9.17) is 0 Å². The Morgan fingerprint density at radius 1 is 1.23 bits per heavy atom. The molecule has 0 amide bonds. The molecule has 124 valence electrons. The van der Waals surface area contributed by atoms with Crippen LogP contribution in [0.25, 0.3) is 0 Å². The van der Waals surface area contributed by atoms with Crippen molar-refractivity contribution >= 4 is 5.97 Å². The fourth-order valence-electron chi connectivity index (χ4n) is 1.55. The van der Waals surface area contributed by atoms with Gasteiger partial charge >= 0.3 is 18.5 Å². The highest BCUT2D eigenvalue weighted by atomic mass is 19.4. The van der Waals surface area contributed by atoms with Crippen molar-refractivity contribution in [1.82, 2.24) is 4.98 Å². The van der Waals surface area contributed by atoms with E-state index in [1.807, 2.05) is 4.98 Å². The van der Waals surface area contributed by atoms with E-state index >= 15 is 0 Å². The number of ether oxygens (including phenoxy) is 2. The number of aromatic amines is 1. The summed E-state index contributed by atoms with van der Waals surface area (Å²) in [4.78, 5) is 24.5. The van der Waals surface area contributed by atoms with Gasteiger partial charge in [0, 0.05) is 11.9 Å². The van der Waals surface area contributed by atoms with Crippen LogP contribution in [0, 0.1) is 0 Å². The van der Waals surface area contributed by atoms with Crippen molar-refractivity contribution in [3.63, 3.8) is 0 Å². The van der Waals surface area contributed by atoms with Gasteiger partial charge in [0.1, 0.15) is 5.56 Å². The molecule has 0 aliphatic carbocycles. The van der Waals surface area contributed by atoms with Crippen LogP contribution in [-0.4, -0.2) is 23.9 Å². The Hall–Kier alpha value is -2.20. The van der Waals surface area contributed by atoms with Gasteiger partial charge in [-0.05, 0) is 6.92 Å². The van der Waals surface area contributed by atoms with E-state index in [9.17, 15) is 35.9 Å². The van der Waals surface area contributed by atoms with E-state index in [2.05, 4.69) is 9.47 Å². The van der Waals surface area contributed by atoms with Crippen molar-refractivity contribution in [3.8, 4) is 5.75 Å². The van der Waals surface area contributed by atoms with Gasteiger partial charge in [-0.25, -0.2) is 0 Å². The molecular formula is C11H9F6NO4. The van der Waals surface area contributed by atoms with E-state index in [1.54, 1.807) is 0 Å². The molecule has 1 aromatic rings. The number of hydrogen-bond donors (Lipinski definition) is 1. The lowest BCUT2D eigenvalue weighted by Gasteiger charge is -2.14. The summed E-state index contributed by atoms with van der Waals surface area (Å²) < 4.78 is 82.3. The second kappa shape index (κ2) is 6.28. The predicted octanol–water partition coefficient (Wildman–Crippen LogP) is 2.40. The summed E-state index contributed by atoms with van der Waals surface area (Å²) in [6.07, 6.45) is -11.3. The van der Waals surface area contributed by atoms with Crippen LogP contribution in [0.2, 0.25) is 0 Å². The summed E-state index contributed by atoms with van der Waals surface area (Å²) in [6.45, 7) is 1.30. The standard InChI is InChI=1S/C11H9F6NO4/c1-2-21-7(19)3-5-8(10(12,13)14)9(20)6(4-18-5)22-11(15,16)17/h4H,2-3H2,1H3,(H,18,20). The molecule has 1 N–H and O–H groups in total. The molecule has 11 heteroatoms. The lowest BCUT2D eigenvalue weighted by Crippen LogP contribution is -2.29. The van der Waals surface area contributed by atoms with Gasteiger partial charge in [-0.2, -0.15) is 13.2 Å². The number of esters is 1. The first-order chi connectivity index (χ1) is 9.95. The van der Waals surface area contributed by atoms with Crippen LogP contribution in [0.1, 0.15) is 18.2 Å². The largest absolute Gasteiger partial charge is 0.573 e. The van der Waals surface area contributed by atoms with Gasteiger partial charge in [0.05, 0.1) is 13.0 Å². The molecule has 0 aliphatic heterocycles. The van der Waals surface area contributed by atoms with Gasteiger partial charge in [0.2, 0.25) is 5.43 Å². The van der Waals surface area contributed by atoms with Crippen molar-refractivity contribution in [2.24, 2.45) is 0 Å². The second-order valence-electron chi connectivity index (χ2n) is 3.86. The number of H-pyrrole nitrogens is 1. The summed E-state index contributed by atoms with van der Waals surface area (Å²) in [5.74, 6) is -2.65. The molecule has 0 aliphatic rings. The first-order valence-electron chi connectivity index (χ1n) is 5.68. The fourth-order valence-corrected chi connectivity index (χ4v) is 1.55. The molecule has 5 nitrogen and oxygen atoms in total. The monoisotopic (exact) mass is 333 g/mol. The van der Waals surface area contributed by atoms with Gasteiger partial charge in [-0.15, -0.1) is 13.2 Å². The molecule has 1 rings (SSSR count). The van der Waals surface area contributed by atoms with Crippen molar-refractivity contribution in [1.29, 1.82) is 0 Å². The topological polar surface area (TPSA) is 68.4 Å². The molecule has 0 unspecified atom stereocenters. The minimum atomic E-state index is -5.33. The van der Waals surface area contributed by atoms with E-state index in [1.165, 1.54) is 6.92 Å². The number of pyridine rings is 1. The first-order valence-corrected chi connectivity index (χ1v) is 5.68. The van der Waals surface area contributed by atoms with Crippen LogP contribution < -0.4 is 10.2 Å². The minimum absolute atomic E-state index is 0.111. The lowest BCUT2D eigenvalue weighted by molar-refractivity contribution is -0.275. The molecule has 0 spiro atoms. The maximum absolute atomic E-state index is 12.8. The predicted molar refractivity (Wildman–Crippen MR) is 59.1 cm³/mol. The average molecular weight is 333 g/mol. The van der Waals surface area contributed by atoms with E-state index < -0.39 is 47.4 Å². The third-order valence-electron chi connectivity index (χ3n) is 2.27. The zero-order chi connectivity index (χ0) is 17.1. The summed E-state index contributed by atoms with van der Waals surface area (Å²) in [5.41, 5.74) is -4.88. The second-order valence-corrected chi connectivity index (χ2v) is 3.86. The van der Waals surface area contributed by atoms with Crippen molar-refractivity contribution in [3.05, 3.63) is 27.7 Å². The van der Waals surface area contributed by atoms with Crippen LogP contribution in [0.3, 0.4) is 0 Å². The fraction of sp³-hybridized carbons (Fsp3) is 0.455. The molecule has 1 heterocycles. The van der Waals surface area contributed by atoms with Gasteiger partial charge < -0.3 is 14.5 Å². The number of carbonyl (C=O) groups excluding carboxylic acids is 1. The molecule has 1 aromatic heterocycles. The van der Waals surface area contributed by atoms with Crippen LogP contribution in [0.5, 0.6) is 5.75 Å². The van der Waals surface area contributed by atoms with Crippen molar-refractivity contribution in [2.75, 3.05) is 6.61 Å².